The average molecular weight is 219 g/mol. The lowest BCUT2D eigenvalue weighted by molar-refractivity contribution is 0.112. The predicted molar refractivity (Wildman–Crippen MR) is 57.9 cm³/mol. The maximum Gasteiger partial charge on any atom is 0.222 e. The molecule has 0 spiro atoms. The zero-order valence-corrected chi connectivity index (χ0v) is 8.48. The summed E-state index contributed by atoms with van der Waals surface area (Å²) in [5, 5.41) is 0.213. The minimum atomic E-state index is 0.213. The molecule has 0 saturated heterocycles. The molecule has 3 nitrogen and oxygen atoms in total. The van der Waals surface area contributed by atoms with Crippen molar-refractivity contribution < 1.29 is 4.79 Å². The minimum Gasteiger partial charge on any atom is -0.298 e. The molecule has 0 bridgehead atoms. The third-order valence-corrected chi connectivity index (χ3v) is 2.17. The van der Waals surface area contributed by atoms with Crippen molar-refractivity contribution >= 4 is 17.9 Å². The summed E-state index contributed by atoms with van der Waals surface area (Å²) < 4.78 is 0. The first-order valence-electron chi connectivity index (χ1n) is 4.33. The lowest BCUT2D eigenvalue weighted by Gasteiger charge is -2.00. The first-order chi connectivity index (χ1) is 7.29. The molecule has 2 rings (SSSR count). The van der Waals surface area contributed by atoms with Gasteiger partial charge in [-0.1, -0.05) is 18.2 Å². The normalized spacial score (nSPS) is 9.93. The number of hydrogen-bond acceptors (Lipinski definition) is 3. The summed E-state index contributed by atoms with van der Waals surface area (Å²) in [6.45, 7) is 0. The molecule has 0 N–H and O–H groups in total. The number of nitrogens with zero attached hydrogens (tertiary/aromatic N) is 2. The van der Waals surface area contributed by atoms with Crippen LogP contribution in [0, 0.1) is 0 Å². The summed E-state index contributed by atoms with van der Waals surface area (Å²) >= 11 is 5.58. The lowest BCUT2D eigenvalue weighted by atomic mass is 10.1. The van der Waals surface area contributed by atoms with Crippen LogP contribution in [-0.2, 0) is 0 Å². The van der Waals surface area contributed by atoms with Gasteiger partial charge in [0, 0.05) is 23.5 Å². The molecule has 4 heteroatoms. The summed E-state index contributed by atoms with van der Waals surface area (Å²) in [6, 6.07) is 7.22. The highest BCUT2D eigenvalue weighted by atomic mass is 35.5. The summed E-state index contributed by atoms with van der Waals surface area (Å²) in [6.07, 6.45) is 4.05. The second-order valence-electron chi connectivity index (χ2n) is 2.98. The van der Waals surface area contributed by atoms with Crippen LogP contribution in [0.1, 0.15) is 10.4 Å². The van der Waals surface area contributed by atoms with Gasteiger partial charge in [-0.25, -0.2) is 9.97 Å². The van der Waals surface area contributed by atoms with E-state index >= 15 is 0 Å². The molecule has 0 fully saturated rings. The molecule has 74 valence electrons. The van der Waals surface area contributed by atoms with Crippen LogP contribution in [-0.4, -0.2) is 16.3 Å². The quantitative estimate of drug-likeness (QED) is 0.575. The fraction of sp³-hybridized carbons (Fsp3) is 0. The van der Waals surface area contributed by atoms with Gasteiger partial charge in [0.15, 0.2) is 0 Å². The molecule has 1 aromatic heterocycles. The van der Waals surface area contributed by atoms with E-state index < -0.39 is 0 Å². The molecule has 0 radical (unpaired) electrons. The van der Waals surface area contributed by atoms with Crippen molar-refractivity contribution in [2.24, 2.45) is 0 Å². The number of benzene rings is 1. The molecule has 0 aliphatic carbocycles. The molecule has 0 atom stereocenters. The highest BCUT2D eigenvalue weighted by Gasteiger charge is 2.00. The fourth-order valence-electron chi connectivity index (χ4n) is 1.25. The maximum absolute atomic E-state index is 10.6. The smallest absolute Gasteiger partial charge is 0.222 e. The maximum atomic E-state index is 10.6. The van der Waals surface area contributed by atoms with Crippen LogP contribution in [0.25, 0.3) is 11.1 Å². The molecule has 0 amide bonds. The largest absolute Gasteiger partial charge is 0.298 e. The van der Waals surface area contributed by atoms with Crippen molar-refractivity contribution in [3.8, 4) is 11.1 Å². The number of hydrogen-bond donors (Lipinski definition) is 0. The Morgan fingerprint density at radius 3 is 2.53 bits per heavy atom. The van der Waals surface area contributed by atoms with Crippen LogP contribution in [0.15, 0.2) is 36.7 Å². The van der Waals surface area contributed by atoms with Gasteiger partial charge in [-0.2, -0.15) is 0 Å². The monoisotopic (exact) mass is 218 g/mol. The van der Waals surface area contributed by atoms with Crippen molar-refractivity contribution in [3.63, 3.8) is 0 Å². The number of aldehydes is 1. The Labute approximate surface area is 91.8 Å². The van der Waals surface area contributed by atoms with Gasteiger partial charge in [0.1, 0.15) is 6.29 Å². The van der Waals surface area contributed by atoms with E-state index in [1.54, 1.807) is 24.5 Å². The third kappa shape index (κ3) is 2.19. The van der Waals surface area contributed by atoms with Crippen molar-refractivity contribution in [1.82, 2.24) is 9.97 Å². The second-order valence-corrected chi connectivity index (χ2v) is 3.32. The molecule has 0 aliphatic heterocycles. The molecule has 0 aliphatic rings. The van der Waals surface area contributed by atoms with Crippen molar-refractivity contribution in [1.29, 1.82) is 0 Å². The van der Waals surface area contributed by atoms with Crippen LogP contribution in [0.4, 0.5) is 0 Å². The van der Waals surface area contributed by atoms with Gasteiger partial charge in [-0.3, -0.25) is 4.79 Å². The van der Waals surface area contributed by atoms with Gasteiger partial charge in [-0.05, 0) is 23.2 Å². The van der Waals surface area contributed by atoms with Gasteiger partial charge < -0.3 is 0 Å². The summed E-state index contributed by atoms with van der Waals surface area (Å²) in [5.41, 5.74) is 2.36. The van der Waals surface area contributed by atoms with Crippen molar-refractivity contribution in [2.75, 3.05) is 0 Å². The Balaban J connectivity index is 2.44. The van der Waals surface area contributed by atoms with Gasteiger partial charge >= 0.3 is 0 Å². The Kier molecular flexibility index (Phi) is 2.74. The molecule has 0 unspecified atom stereocenters. The van der Waals surface area contributed by atoms with E-state index in [-0.39, 0.29) is 5.28 Å². The number of carbonyl (C=O) groups excluding carboxylic acids is 1. The first kappa shape index (κ1) is 9.80. The van der Waals surface area contributed by atoms with Crippen LogP contribution in [0.5, 0.6) is 0 Å². The zero-order chi connectivity index (χ0) is 10.7. The van der Waals surface area contributed by atoms with Gasteiger partial charge in [0.05, 0.1) is 0 Å². The van der Waals surface area contributed by atoms with Crippen LogP contribution >= 0.6 is 11.6 Å². The van der Waals surface area contributed by atoms with Crippen LogP contribution < -0.4 is 0 Å². The van der Waals surface area contributed by atoms with E-state index in [0.29, 0.717) is 5.56 Å². The van der Waals surface area contributed by atoms with E-state index in [4.69, 9.17) is 11.6 Å². The standard InChI is InChI=1S/C11H7ClN2O/c12-11-13-5-10(6-14-11)9-3-1-2-8(4-9)7-15/h1-7H. The van der Waals surface area contributed by atoms with E-state index in [0.717, 1.165) is 17.4 Å². The SMILES string of the molecule is O=Cc1cccc(-c2cnc(Cl)nc2)c1. The molecule has 15 heavy (non-hydrogen) atoms. The van der Waals surface area contributed by atoms with Crippen LogP contribution in [0.3, 0.4) is 0 Å². The second kappa shape index (κ2) is 4.19. The molecule has 1 heterocycles. The Morgan fingerprint density at radius 2 is 1.87 bits per heavy atom. The summed E-state index contributed by atoms with van der Waals surface area (Å²) in [5.74, 6) is 0. The molecule has 1 aromatic carbocycles. The summed E-state index contributed by atoms with van der Waals surface area (Å²) in [4.78, 5) is 18.3. The topological polar surface area (TPSA) is 42.9 Å². The predicted octanol–water partition coefficient (Wildman–Crippen LogP) is 2.61. The summed E-state index contributed by atoms with van der Waals surface area (Å²) in [7, 11) is 0. The van der Waals surface area contributed by atoms with E-state index in [9.17, 15) is 4.79 Å². The number of aromatic nitrogens is 2. The Morgan fingerprint density at radius 1 is 1.13 bits per heavy atom. The highest BCUT2D eigenvalue weighted by Crippen LogP contribution is 2.18. The lowest BCUT2D eigenvalue weighted by Crippen LogP contribution is -1.86. The third-order valence-electron chi connectivity index (χ3n) is 1.98. The van der Waals surface area contributed by atoms with E-state index in [1.807, 2.05) is 12.1 Å². The average Bonchev–Trinajstić information content (AvgIpc) is 2.30. The van der Waals surface area contributed by atoms with E-state index in [2.05, 4.69) is 9.97 Å². The molecule has 0 saturated carbocycles. The molecule has 2 aromatic rings. The highest BCUT2D eigenvalue weighted by molar-refractivity contribution is 6.28. The van der Waals surface area contributed by atoms with Gasteiger partial charge in [0.25, 0.3) is 0 Å². The van der Waals surface area contributed by atoms with Gasteiger partial charge in [0.2, 0.25) is 5.28 Å². The first-order valence-corrected chi connectivity index (χ1v) is 4.70. The van der Waals surface area contributed by atoms with Crippen LogP contribution in [0.2, 0.25) is 5.28 Å². The number of halogens is 1. The number of carbonyl (C=O) groups is 1. The fourth-order valence-corrected chi connectivity index (χ4v) is 1.35. The molecular formula is C11H7ClN2O. The Bertz CT molecular complexity index is 482. The Hall–Kier alpha value is -1.74. The van der Waals surface area contributed by atoms with Crippen molar-refractivity contribution in [2.45, 2.75) is 0 Å². The van der Waals surface area contributed by atoms with E-state index in [1.165, 1.54) is 0 Å². The van der Waals surface area contributed by atoms with Crippen molar-refractivity contribution in [3.05, 3.63) is 47.5 Å². The zero-order valence-electron chi connectivity index (χ0n) is 7.72. The van der Waals surface area contributed by atoms with Gasteiger partial charge in [-0.15, -0.1) is 0 Å². The number of rotatable bonds is 2. The molecular weight excluding hydrogens is 212 g/mol. The minimum absolute atomic E-state index is 0.213.